The Kier molecular flexibility index (Phi) is 6.85. The van der Waals surface area contributed by atoms with E-state index in [1.165, 1.54) is 38.5 Å². The molecule has 0 aliphatic carbocycles. The van der Waals surface area contributed by atoms with E-state index < -0.39 is 0 Å². The minimum absolute atomic E-state index is 0.460. The molecule has 2 saturated heterocycles. The first-order chi connectivity index (χ1) is 16.2. The summed E-state index contributed by atoms with van der Waals surface area (Å²) in [5.41, 5.74) is 4.01. The highest BCUT2D eigenvalue weighted by Crippen LogP contribution is 2.24. The van der Waals surface area contributed by atoms with E-state index in [9.17, 15) is 0 Å². The van der Waals surface area contributed by atoms with Gasteiger partial charge in [-0.25, -0.2) is 5.43 Å². The number of rotatable bonds is 6. The Morgan fingerprint density at radius 2 is 1.39 bits per heavy atom. The predicted octanol–water partition coefficient (Wildman–Crippen LogP) is 5.32. The van der Waals surface area contributed by atoms with Crippen molar-refractivity contribution in [2.45, 2.75) is 38.5 Å². The number of halogens is 1. The van der Waals surface area contributed by atoms with Crippen molar-refractivity contribution in [2.75, 3.05) is 41.4 Å². The highest BCUT2D eigenvalue weighted by molar-refractivity contribution is 9.10. The smallest absolute Gasteiger partial charge is 0.250 e. The lowest BCUT2D eigenvalue weighted by molar-refractivity contribution is 0.556. The van der Waals surface area contributed by atoms with Crippen LogP contribution in [-0.2, 0) is 0 Å². The van der Waals surface area contributed by atoms with Crippen molar-refractivity contribution in [1.82, 2.24) is 15.0 Å². The summed E-state index contributed by atoms with van der Waals surface area (Å²) in [5, 5.41) is 4.34. The number of hydrazone groups is 1. The lowest BCUT2D eigenvalue weighted by atomic mass is 10.1. The molecule has 172 valence electrons. The third-order valence-electron chi connectivity index (χ3n) is 6.00. The second kappa shape index (κ2) is 10.3. The van der Waals surface area contributed by atoms with Crippen molar-refractivity contribution < 1.29 is 4.42 Å². The number of anilines is 3. The zero-order chi connectivity index (χ0) is 22.5. The van der Waals surface area contributed by atoms with Crippen LogP contribution in [0.3, 0.4) is 0 Å². The summed E-state index contributed by atoms with van der Waals surface area (Å²) in [6.45, 7) is 3.93. The van der Waals surface area contributed by atoms with Crippen LogP contribution in [0.4, 0.5) is 17.8 Å². The predicted molar refractivity (Wildman–Crippen MR) is 135 cm³/mol. The van der Waals surface area contributed by atoms with Gasteiger partial charge in [-0.3, -0.25) is 0 Å². The fourth-order valence-electron chi connectivity index (χ4n) is 4.22. The van der Waals surface area contributed by atoms with E-state index in [0.29, 0.717) is 11.7 Å². The Labute approximate surface area is 202 Å². The van der Waals surface area contributed by atoms with Crippen LogP contribution in [0, 0.1) is 0 Å². The molecule has 2 fully saturated rings. The van der Waals surface area contributed by atoms with Gasteiger partial charge in [0, 0.05) is 36.2 Å². The van der Waals surface area contributed by atoms with Crippen LogP contribution in [0.2, 0.25) is 0 Å². The Balaban J connectivity index is 1.32. The molecule has 0 spiro atoms. The molecule has 33 heavy (non-hydrogen) atoms. The van der Waals surface area contributed by atoms with E-state index >= 15 is 0 Å². The minimum Gasteiger partial charge on any atom is -0.455 e. The van der Waals surface area contributed by atoms with Crippen molar-refractivity contribution in [3.05, 3.63) is 46.6 Å². The highest BCUT2D eigenvalue weighted by atomic mass is 79.9. The monoisotopic (exact) mass is 509 g/mol. The van der Waals surface area contributed by atoms with E-state index in [-0.39, 0.29) is 0 Å². The number of nitrogens with zero attached hydrogens (tertiary/aromatic N) is 6. The molecule has 3 aromatic rings. The molecule has 0 amide bonds. The third kappa shape index (κ3) is 5.52. The Hall–Kier alpha value is -2.94. The zero-order valence-corrected chi connectivity index (χ0v) is 20.2. The van der Waals surface area contributed by atoms with E-state index in [2.05, 4.69) is 46.2 Å². The average molecular weight is 510 g/mol. The van der Waals surface area contributed by atoms with Gasteiger partial charge in [-0.1, -0.05) is 28.1 Å². The van der Waals surface area contributed by atoms with Crippen molar-refractivity contribution in [3.63, 3.8) is 0 Å². The zero-order valence-electron chi connectivity index (χ0n) is 18.6. The van der Waals surface area contributed by atoms with Crippen molar-refractivity contribution in [3.8, 4) is 11.3 Å². The number of nitrogens with one attached hydrogen (secondary N) is 1. The first-order valence-corrected chi connectivity index (χ1v) is 12.4. The molecule has 2 aromatic heterocycles. The number of piperidine rings is 2. The van der Waals surface area contributed by atoms with Gasteiger partial charge >= 0.3 is 0 Å². The summed E-state index contributed by atoms with van der Waals surface area (Å²) in [5.74, 6) is 3.38. The summed E-state index contributed by atoms with van der Waals surface area (Å²) in [6.07, 6.45) is 8.86. The summed E-state index contributed by atoms with van der Waals surface area (Å²) < 4.78 is 6.95. The molecule has 0 saturated carbocycles. The van der Waals surface area contributed by atoms with E-state index in [0.717, 1.165) is 53.9 Å². The maximum atomic E-state index is 5.91. The lowest BCUT2D eigenvalue weighted by Gasteiger charge is -2.30. The second-order valence-electron chi connectivity index (χ2n) is 8.43. The van der Waals surface area contributed by atoms with Crippen LogP contribution in [-0.4, -0.2) is 47.3 Å². The SMILES string of the molecule is Brc1ccc(-c2ccc(/C=N/Nc3nc(N4CCCCC4)nc(N4CCCCC4)n3)o2)cc1. The summed E-state index contributed by atoms with van der Waals surface area (Å²) in [4.78, 5) is 18.6. The van der Waals surface area contributed by atoms with Crippen LogP contribution in [0.15, 0.2) is 50.4 Å². The molecular formula is C24H28BrN7O. The second-order valence-corrected chi connectivity index (χ2v) is 9.35. The van der Waals surface area contributed by atoms with Crippen LogP contribution in [0.1, 0.15) is 44.3 Å². The van der Waals surface area contributed by atoms with E-state index in [1.807, 2.05) is 36.4 Å². The Morgan fingerprint density at radius 3 is 2.00 bits per heavy atom. The maximum absolute atomic E-state index is 5.91. The molecule has 0 unspecified atom stereocenters. The molecule has 5 rings (SSSR count). The number of benzene rings is 1. The third-order valence-corrected chi connectivity index (χ3v) is 6.53. The van der Waals surface area contributed by atoms with Gasteiger partial charge in [-0.15, -0.1) is 0 Å². The first-order valence-electron chi connectivity index (χ1n) is 11.7. The molecule has 1 aromatic carbocycles. The van der Waals surface area contributed by atoms with E-state index in [1.54, 1.807) is 6.21 Å². The average Bonchev–Trinajstić information content (AvgIpc) is 3.34. The number of hydrogen-bond acceptors (Lipinski definition) is 8. The Morgan fingerprint density at radius 1 is 0.788 bits per heavy atom. The fourth-order valence-corrected chi connectivity index (χ4v) is 4.48. The van der Waals surface area contributed by atoms with Gasteiger partial charge in [0.25, 0.3) is 0 Å². The summed E-state index contributed by atoms with van der Waals surface area (Å²) in [7, 11) is 0. The fraction of sp³-hybridized carbons (Fsp3) is 0.417. The summed E-state index contributed by atoms with van der Waals surface area (Å²) in [6, 6.07) is 11.8. The molecule has 0 radical (unpaired) electrons. The van der Waals surface area contributed by atoms with Gasteiger partial charge in [0.15, 0.2) is 0 Å². The molecule has 2 aliphatic heterocycles. The van der Waals surface area contributed by atoms with Crippen molar-refractivity contribution in [2.24, 2.45) is 5.10 Å². The standard InChI is InChI=1S/C24H28BrN7O/c25-19-9-7-18(8-10-19)21-12-11-20(33-21)17-26-30-22-27-23(31-13-3-1-4-14-31)29-24(28-22)32-15-5-2-6-16-32/h7-12,17H,1-6,13-16H2,(H,27,28,29,30)/b26-17+. The molecule has 0 bridgehead atoms. The topological polar surface area (TPSA) is 82.7 Å². The molecule has 0 atom stereocenters. The first kappa shape index (κ1) is 21.9. The van der Waals surface area contributed by atoms with Gasteiger partial charge in [0.05, 0.1) is 6.21 Å². The Bertz CT molecular complexity index is 1050. The maximum Gasteiger partial charge on any atom is 0.250 e. The molecule has 9 heteroatoms. The van der Waals surface area contributed by atoms with Gasteiger partial charge in [0.1, 0.15) is 11.5 Å². The van der Waals surface area contributed by atoms with Crippen molar-refractivity contribution in [1.29, 1.82) is 0 Å². The van der Waals surface area contributed by atoms with Gasteiger partial charge < -0.3 is 14.2 Å². The van der Waals surface area contributed by atoms with Crippen LogP contribution in [0.25, 0.3) is 11.3 Å². The quantitative estimate of drug-likeness (QED) is 0.355. The van der Waals surface area contributed by atoms with E-state index in [4.69, 9.17) is 9.40 Å². The normalized spacial score (nSPS) is 17.0. The minimum atomic E-state index is 0.460. The van der Waals surface area contributed by atoms with Gasteiger partial charge in [-0.2, -0.15) is 20.1 Å². The largest absolute Gasteiger partial charge is 0.455 e. The van der Waals surface area contributed by atoms with Gasteiger partial charge in [-0.05, 0) is 62.8 Å². The van der Waals surface area contributed by atoms with Crippen LogP contribution in [0.5, 0.6) is 0 Å². The molecule has 8 nitrogen and oxygen atoms in total. The number of hydrogen-bond donors (Lipinski definition) is 1. The molecular weight excluding hydrogens is 482 g/mol. The van der Waals surface area contributed by atoms with Crippen molar-refractivity contribution >= 4 is 40.0 Å². The molecule has 4 heterocycles. The summed E-state index contributed by atoms with van der Waals surface area (Å²) >= 11 is 3.46. The lowest BCUT2D eigenvalue weighted by Crippen LogP contribution is -2.34. The molecule has 2 aliphatic rings. The number of furan rings is 1. The number of aromatic nitrogens is 3. The van der Waals surface area contributed by atoms with Gasteiger partial charge in [0.2, 0.25) is 17.8 Å². The van der Waals surface area contributed by atoms with Crippen LogP contribution < -0.4 is 15.2 Å². The molecule has 1 N–H and O–H groups in total. The van der Waals surface area contributed by atoms with Crippen LogP contribution >= 0.6 is 15.9 Å². The highest BCUT2D eigenvalue weighted by Gasteiger charge is 2.20.